The zero-order valence-corrected chi connectivity index (χ0v) is 11.5. The average molecular weight is 244 g/mol. The molecule has 1 fully saturated rings. The molecule has 1 saturated carbocycles. The summed E-state index contributed by atoms with van der Waals surface area (Å²) in [5.74, 6) is 0. The summed E-state index contributed by atoms with van der Waals surface area (Å²) in [4.78, 5) is 2.49. The van der Waals surface area contributed by atoms with Crippen molar-refractivity contribution in [2.24, 2.45) is 5.73 Å². The van der Waals surface area contributed by atoms with Gasteiger partial charge < -0.3 is 15.6 Å². The van der Waals surface area contributed by atoms with Crippen LogP contribution in [-0.4, -0.2) is 54.5 Å². The van der Waals surface area contributed by atoms with Crippen molar-refractivity contribution >= 4 is 0 Å². The van der Waals surface area contributed by atoms with Gasteiger partial charge in [-0.15, -0.1) is 0 Å². The molecule has 0 bridgehead atoms. The lowest BCUT2D eigenvalue weighted by Gasteiger charge is -2.34. The molecule has 4 nitrogen and oxygen atoms in total. The first-order chi connectivity index (χ1) is 8.06. The third-order valence-corrected chi connectivity index (χ3v) is 4.11. The lowest BCUT2D eigenvalue weighted by Crippen LogP contribution is -2.46. The van der Waals surface area contributed by atoms with Gasteiger partial charge in [-0.1, -0.05) is 6.92 Å². The van der Waals surface area contributed by atoms with Gasteiger partial charge in [-0.25, -0.2) is 0 Å². The highest BCUT2D eigenvalue weighted by Gasteiger charge is 2.38. The first-order valence-corrected chi connectivity index (χ1v) is 6.70. The Balaban J connectivity index is 2.58. The van der Waals surface area contributed by atoms with Gasteiger partial charge in [0.05, 0.1) is 13.2 Å². The number of aliphatic hydroxyl groups excluding tert-OH is 1. The van der Waals surface area contributed by atoms with Gasteiger partial charge in [-0.2, -0.15) is 0 Å². The molecule has 102 valence electrons. The van der Waals surface area contributed by atoms with Crippen molar-refractivity contribution < 1.29 is 9.84 Å². The predicted molar refractivity (Wildman–Crippen MR) is 70.0 cm³/mol. The van der Waals surface area contributed by atoms with Gasteiger partial charge in [-0.3, -0.25) is 4.90 Å². The van der Waals surface area contributed by atoms with Gasteiger partial charge in [0.25, 0.3) is 0 Å². The number of rotatable bonds is 7. The van der Waals surface area contributed by atoms with E-state index >= 15 is 0 Å². The fourth-order valence-electron chi connectivity index (χ4n) is 2.75. The van der Waals surface area contributed by atoms with Crippen LogP contribution in [-0.2, 0) is 4.74 Å². The monoisotopic (exact) mass is 244 g/mol. The van der Waals surface area contributed by atoms with Crippen LogP contribution in [0.3, 0.4) is 0 Å². The summed E-state index contributed by atoms with van der Waals surface area (Å²) >= 11 is 0. The number of nitrogens with zero attached hydrogens (tertiary/aromatic N) is 1. The van der Waals surface area contributed by atoms with E-state index in [1.807, 2.05) is 0 Å². The smallest absolute Gasteiger partial charge is 0.0611 e. The third-order valence-electron chi connectivity index (χ3n) is 4.11. The van der Waals surface area contributed by atoms with Crippen molar-refractivity contribution in [1.82, 2.24) is 4.90 Å². The topological polar surface area (TPSA) is 58.7 Å². The molecule has 0 spiro atoms. The molecule has 0 aromatic heterocycles. The molecule has 0 aromatic carbocycles. The van der Waals surface area contributed by atoms with E-state index in [9.17, 15) is 5.11 Å². The summed E-state index contributed by atoms with van der Waals surface area (Å²) in [6.45, 7) is 6.28. The summed E-state index contributed by atoms with van der Waals surface area (Å²) in [7, 11) is 1.74. The lowest BCUT2D eigenvalue weighted by atomic mass is 10.00. The van der Waals surface area contributed by atoms with Crippen LogP contribution in [0.1, 0.15) is 39.5 Å². The average Bonchev–Trinajstić information content (AvgIpc) is 2.73. The molecule has 3 N–H and O–H groups in total. The summed E-state index contributed by atoms with van der Waals surface area (Å²) < 4.78 is 5.18. The normalized spacial score (nSPS) is 31.1. The van der Waals surface area contributed by atoms with E-state index < -0.39 is 0 Å². The Morgan fingerprint density at radius 2 is 2.29 bits per heavy atom. The van der Waals surface area contributed by atoms with E-state index in [0.29, 0.717) is 12.1 Å². The van der Waals surface area contributed by atoms with Crippen LogP contribution in [0.15, 0.2) is 0 Å². The zero-order valence-electron chi connectivity index (χ0n) is 11.5. The molecule has 0 amide bonds. The number of methoxy groups -OCH3 is 1. The Kier molecular flexibility index (Phi) is 5.86. The Labute approximate surface area is 105 Å². The van der Waals surface area contributed by atoms with Gasteiger partial charge in [0.15, 0.2) is 0 Å². The zero-order chi connectivity index (χ0) is 12.9. The first-order valence-electron chi connectivity index (χ1n) is 6.70. The van der Waals surface area contributed by atoms with E-state index in [1.165, 1.54) is 0 Å². The molecular weight excluding hydrogens is 216 g/mol. The number of ether oxygens (including phenoxy) is 1. The molecule has 1 aliphatic carbocycles. The Morgan fingerprint density at radius 1 is 1.59 bits per heavy atom. The number of hydrogen-bond donors (Lipinski definition) is 2. The largest absolute Gasteiger partial charge is 0.394 e. The number of hydrogen-bond acceptors (Lipinski definition) is 4. The fraction of sp³-hybridized carbons (Fsp3) is 1.00. The van der Waals surface area contributed by atoms with E-state index in [2.05, 4.69) is 18.7 Å². The highest BCUT2D eigenvalue weighted by Crippen LogP contribution is 2.32. The standard InChI is InChI=1S/C13H28N2O2/c1-4-11(2)15(7-8-17-3)12-5-6-13(14,9-12)10-16/h11-12,16H,4-10,14H2,1-3H3. The molecule has 3 atom stereocenters. The van der Waals surface area contributed by atoms with Crippen LogP contribution in [0.5, 0.6) is 0 Å². The van der Waals surface area contributed by atoms with Crippen LogP contribution in [0, 0.1) is 0 Å². The SMILES string of the molecule is CCC(C)N(CCOC)C1CCC(N)(CO)C1. The van der Waals surface area contributed by atoms with E-state index in [4.69, 9.17) is 10.5 Å². The fourth-order valence-corrected chi connectivity index (χ4v) is 2.75. The van der Waals surface area contributed by atoms with E-state index in [-0.39, 0.29) is 12.1 Å². The van der Waals surface area contributed by atoms with Crippen LogP contribution < -0.4 is 5.73 Å². The summed E-state index contributed by atoms with van der Waals surface area (Å²) in [5.41, 5.74) is 5.79. The quantitative estimate of drug-likeness (QED) is 0.701. The molecule has 1 aliphatic rings. The summed E-state index contributed by atoms with van der Waals surface area (Å²) in [6, 6.07) is 1.05. The molecule has 3 unspecified atom stereocenters. The van der Waals surface area contributed by atoms with Crippen LogP contribution in [0.2, 0.25) is 0 Å². The van der Waals surface area contributed by atoms with Gasteiger partial charge >= 0.3 is 0 Å². The van der Waals surface area contributed by atoms with Crippen LogP contribution >= 0.6 is 0 Å². The molecule has 17 heavy (non-hydrogen) atoms. The summed E-state index contributed by atoms with van der Waals surface area (Å²) in [5, 5.41) is 9.33. The van der Waals surface area contributed by atoms with Crippen molar-refractivity contribution in [2.45, 2.75) is 57.2 Å². The second-order valence-electron chi connectivity index (χ2n) is 5.41. The van der Waals surface area contributed by atoms with Gasteiger partial charge in [0.2, 0.25) is 0 Å². The Hall–Kier alpha value is -0.160. The summed E-state index contributed by atoms with van der Waals surface area (Å²) in [6.07, 6.45) is 4.05. The van der Waals surface area contributed by atoms with Gasteiger partial charge in [-0.05, 0) is 32.6 Å². The van der Waals surface area contributed by atoms with Crippen LogP contribution in [0.4, 0.5) is 0 Å². The minimum Gasteiger partial charge on any atom is -0.394 e. The van der Waals surface area contributed by atoms with Gasteiger partial charge in [0, 0.05) is 31.3 Å². The van der Waals surface area contributed by atoms with E-state index in [0.717, 1.165) is 38.8 Å². The maximum Gasteiger partial charge on any atom is 0.0611 e. The van der Waals surface area contributed by atoms with E-state index in [1.54, 1.807) is 7.11 Å². The van der Waals surface area contributed by atoms with Crippen LogP contribution in [0.25, 0.3) is 0 Å². The second kappa shape index (κ2) is 6.69. The molecule has 0 aliphatic heterocycles. The molecular formula is C13H28N2O2. The van der Waals surface area contributed by atoms with Crippen molar-refractivity contribution in [2.75, 3.05) is 26.9 Å². The molecule has 0 saturated heterocycles. The minimum atomic E-state index is -0.358. The highest BCUT2D eigenvalue weighted by molar-refractivity contribution is 4.97. The minimum absolute atomic E-state index is 0.0993. The maximum atomic E-state index is 9.33. The number of nitrogens with two attached hydrogens (primary N) is 1. The molecule has 0 radical (unpaired) electrons. The lowest BCUT2D eigenvalue weighted by molar-refractivity contribution is 0.0843. The molecule has 1 rings (SSSR count). The number of aliphatic hydroxyl groups is 1. The predicted octanol–water partition coefficient (Wildman–Crippen LogP) is 0.976. The molecule has 4 heteroatoms. The molecule has 0 aromatic rings. The van der Waals surface area contributed by atoms with Crippen molar-refractivity contribution in [3.8, 4) is 0 Å². The Morgan fingerprint density at radius 3 is 2.76 bits per heavy atom. The third kappa shape index (κ3) is 3.91. The van der Waals surface area contributed by atoms with Crippen molar-refractivity contribution in [1.29, 1.82) is 0 Å². The van der Waals surface area contributed by atoms with Crippen molar-refractivity contribution in [3.63, 3.8) is 0 Å². The molecule has 0 heterocycles. The second-order valence-corrected chi connectivity index (χ2v) is 5.41. The van der Waals surface area contributed by atoms with Crippen molar-refractivity contribution in [3.05, 3.63) is 0 Å². The highest BCUT2D eigenvalue weighted by atomic mass is 16.5. The van der Waals surface area contributed by atoms with Gasteiger partial charge in [0.1, 0.15) is 0 Å². The Bertz CT molecular complexity index is 225. The maximum absolute atomic E-state index is 9.33. The first kappa shape index (κ1) is 14.9.